The van der Waals surface area contributed by atoms with Crippen molar-refractivity contribution in [2.24, 2.45) is 5.41 Å². The summed E-state index contributed by atoms with van der Waals surface area (Å²) in [5, 5.41) is 4.21. The molecule has 1 unspecified atom stereocenters. The van der Waals surface area contributed by atoms with Gasteiger partial charge >= 0.3 is 5.97 Å². The van der Waals surface area contributed by atoms with E-state index < -0.39 is 0 Å². The molecule has 2 rings (SSSR count). The first-order valence-electron chi connectivity index (χ1n) is 7.27. The number of hydrogen-bond donors (Lipinski definition) is 1. The normalized spacial score (nSPS) is 20.8. The molecule has 21 heavy (non-hydrogen) atoms. The number of methoxy groups -OCH3 is 1. The van der Waals surface area contributed by atoms with Crippen molar-refractivity contribution in [2.75, 3.05) is 18.2 Å². The lowest BCUT2D eigenvalue weighted by atomic mass is 9.75. The summed E-state index contributed by atoms with van der Waals surface area (Å²) in [4.78, 5) is 19.8. The third-order valence-corrected chi connectivity index (χ3v) is 4.61. The molecule has 6 heteroatoms. The lowest BCUT2D eigenvalue weighted by Gasteiger charge is -2.35. The molecule has 1 aromatic heterocycles. The number of anilines is 1. The molecule has 1 atom stereocenters. The van der Waals surface area contributed by atoms with Crippen molar-refractivity contribution in [2.45, 2.75) is 50.6 Å². The molecule has 1 heterocycles. The quantitative estimate of drug-likeness (QED) is 0.666. The van der Waals surface area contributed by atoms with E-state index in [1.807, 2.05) is 0 Å². The largest absolute Gasteiger partial charge is 0.468 e. The van der Waals surface area contributed by atoms with E-state index in [0.29, 0.717) is 11.5 Å². The third-order valence-electron chi connectivity index (χ3n) is 3.74. The molecule has 1 fully saturated rings. The van der Waals surface area contributed by atoms with Crippen molar-refractivity contribution >= 4 is 23.5 Å². The number of carbonyl (C=O) groups is 1. The molecule has 116 valence electrons. The van der Waals surface area contributed by atoms with Gasteiger partial charge in [-0.25, -0.2) is 4.98 Å². The highest BCUT2D eigenvalue weighted by atomic mass is 32.2. The highest BCUT2D eigenvalue weighted by molar-refractivity contribution is 7.99. The zero-order valence-electron chi connectivity index (χ0n) is 12.9. The fraction of sp³-hybridized carbons (Fsp3) is 0.667. The van der Waals surface area contributed by atoms with Crippen molar-refractivity contribution in [1.29, 1.82) is 0 Å². The molecule has 0 aromatic carbocycles. The summed E-state index contributed by atoms with van der Waals surface area (Å²) in [7, 11) is 1.39. The van der Waals surface area contributed by atoms with E-state index in [1.165, 1.54) is 38.1 Å². The zero-order chi connectivity index (χ0) is 15.3. The smallest absolute Gasteiger partial charge is 0.316 e. The fourth-order valence-electron chi connectivity index (χ4n) is 2.71. The first-order chi connectivity index (χ1) is 9.98. The van der Waals surface area contributed by atoms with Gasteiger partial charge in [0.1, 0.15) is 10.8 Å². The Kier molecular flexibility index (Phi) is 5.45. The third kappa shape index (κ3) is 5.19. The molecule has 1 saturated carbocycles. The van der Waals surface area contributed by atoms with Crippen molar-refractivity contribution in [3.05, 3.63) is 12.4 Å². The van der Waals surface area contributed by atoms with E-state index in [2.05, 4.69) is 33.9 Å². The molecule has 0 bridgehead atoms. The van der Waals surface area contributed by atoms with Crippen LogP contribution in [-0.4, -0.2) is 34.8 Å². The van der Waals surface area contributed by atoms with Crippen LogP contribution in [0.1, 0.15) is 39.5 Å². The predicted octanol–water partition coefficient (Wildman–Crippen LogP) is 3.12. The van der Waals surface area contributed by atoms with Gasteiger partial charge in [0.05, 0.1) is 25.3 Å². The molecule has 0 spiro atoms. The molecule has 1 aliphatic rings. The van der Waals surface area contributed by atoms with Gasteiger partial charge in [0.2, 0.25) is 0 Å². The van der Waals surface area contributed by atoms with Crippen LogP contribution in [0.15, 0.2) is 17.4 Å². The topological polar surface area (TPSA) is 64.1 Å². The number of aromatic nitrogens is 2. The van der Waals surface area contributed by atoms with Crippen LogP contribution in [0.25, 0.3) is 0 Å². The lowest BCUT2D eigenvalue weighted by Crippen LogP contribution is -2.32. The maximum atomic E-state index is 11.2. The Morgan fingerprint density at radius 2 is 2.33 bits per heavy atom. The van der Waals surface area contributed by atoms with E-state index >= 15 is 0 Å². The monoisotopic (exact) mass is 309 g/mol. The van der Waals surface area contributed by atoms with E-state index in [-0.39, 0.29) is 11.7 Å². The van der Waals surface area contributed by atoms with E-state index in [4.69, 9.17) is 0 Å². The highest BCUT2D eigenvalue weighted by Crippen LogP contribution is 2.36. The molecule has 0 saturated heterocycles. The summed E-state index contributed by atoms with van der Waals surface area (Å²) in [6.07, 6.45) is 8.26. The Bertz CT molecular complexity index is 494. The number of esters is 1. The molecule has 1 aliphatic carbocycles. The minimum Gasteiger partial charge on any atom is -0.468 e. The average molecular weight is 309 g/mol. The van der Waals surface area contributed by atoms with Gasteiger partial charge in [-0.05, 0) is 24.7 Å². The Labute approximate surface area is 130 Å². The predicted molar refractivity (Wildman–Crippen MR) is 84.4 cm³/mol. The van der Waals surface area contributed by atoms with Gasteiger partial charge in [0, 0.05) is 6.04 Å². The van der Waals surface area contributed by atoms with E-state index in [0.717, 1.165) is 17.3 Å². The first-order valence-corrected chi connectivity index (χ1v) is 8.25. The van der Waals surface area contributed by atoms with Crippen LogP contribution in [0, 0.1) is 5.41 Å². The average Bonchev–Trinajstić information content (AvgIpc) is 2.44. The minimum absolute atomic E-state index is 0.255. The van der Waals surface area contributed by atoms with Crippen LogP contribution in [0.4, 0.5) is 5.82 Å². The molecule has 1 N–H and O–H groups in total. The van der Waals surface area contributed by atoms with E-state index in [1.54, 1.807) is 12.4 Å². The van der Waals surface area contributed by atoms with Crippen LogP contribution in [-0.2, 0) is 9.53 Å². The summed E-state index contributed by atoms with van der Waals surface area (Å²) in [5.74, 6) is 0.784. The maximum absolute atomic E-state index is 11.2. The molecular weight excluding hydrogens is 286 g/mol. The van der Waals surface area contributed by atoms with Gasteiger partial charge in [0.15, 0.2) is 0 Å². The number of rotatable bonds is 5. The fourth-order valence-corrected chi connectivity index (χ4v) is 3.39. The van der Waals surface area contributed by atoms with Gasteiger partial charge in [-0.3, -0.25) is 9.78 Å². The summed E-state index contributed by atoms with van der Waals surface area (Å²) >= 11 is 1.34. The Morgan fingerprint density at radius 1 is 1.52 bits per heavy atom. The maximum Gasteiger partial charge on any atom is 0.316 e. The number of hydrogen-bond acceptors (Lipinski definition) is 6. The second-order valence-electron chi connectivity index (χ2n) is 6.21. The van der Waals surface area contributed by atoms with Crippen LogP contribution < -0.4 is 5.32 Å². The van der Waals surface area contributed by atoms with E-state index in [9.17, 15) is 4.79 Å². The van der Waals surface area contributed by atoms with Crippen molar-refractivity contribution in [1.82, 2.24) is 9.97 Å². The van der Waals surface area contributed by atoms with Crippen molar-refractivity contribution < 1.29 is 9.53 Å². The molecule has 0 radical (unpaired) electrons. The summed E-state index contributed by atoms with van der Waals surface area (Å²) in [6.45, 7) is 4.63. The Hall–Kier alpha value is -1.30. The minimum atomic E-state index is -0.255. The standard InChI is InChI=1S/C15H23N3O2S/c1-15(2)6-4-5-11(7-15)17-12-8-16-9-13(18-12)21-10-14(19)20-3/h8-9,11H,4-7,10H2,1-3H3,(H,17,18). The van der Waals surface area contributed by atoms with Crippen molar-refractivity contribution in [3.8, 4) is 0 Å². The molecule has 0 aliphatic heterocycles. The van der Waals surface area contributed by atoms with Gasteiger partial charge < -0.3 is 10.1 Å². The Balaban J connectivity index is 1.93. The Morgan fingerprint density at radius 3 is 3.05 bits per heavy atom. The van der Waals surface area contributed by atoms with Gasteiger partial charge in [-0.2, -0.15) is 0 Å². The second kappa shape index (κ2) is 7.11. The van der Waals surface area contributed by atoms with Gasteiger partial charge in [0.25, 0.3) is 0 Å². The highest BCUT2D eigenvalue weighted by Gasteiger charge is 2.28. The van der Waals surface area contributed by atoms with Crippen LogP contribution >= 0.6 is 11.8 Å². The van der Waals surface area contributed by atoms with Crippen LogP contribution in [0.5, 0.6) is 0 Å². The van der Waals surface area contributed by atoms with Crippen molar-refractivity contribution in [3.63, 3.8) is 0 Å². The first kappa shape index (κ1) is 16.1. The second-order valence-corrected chi connectivity index (χ2v) is 7.20. The number of carbonyl (C=O) groups excluding carboxylic acids is 1. The summed E-state index contributed by atoms with van der Waals surface area (Å²) in [6, 6.07) is 0.448. The molecule has 5 nitrogen and oxygen atoms in total. The van der Waals surface area contributed by atoms with Crippen LogP contribution in [0.2, 0.25) is 0 Å². The number of thioether (sulfide) groups is 1. The summed E-state index contributed by atoms with van der Waals surface area (Å²) in [5.41, 5.74) is 0.389. The number of ether oxygens (including phenoxy) is 1. The van der Waals surface area contributed by atoms with Gasteiger partial charge in [-0.1, -0.05) is 32.0 Å². The van der Waals surface area contributed by atoms with Gasteiger partial charge in [-0.15, -0.1) is 0 Å². The molecular formula is C15H23N3O2S. The SMILES string of the molecule is COC(=O)CSc1cncc(NC2CCCC(C)(C)C2)n1. The van der Waals surface area contributed by atoms with Crippen LogP contribution in [0.3, 0.4) is 0 Å². The molecule has 0 amide bonds. The number of nitrogens with zero attached hydrogens (tertiary/aromatic N) is 2. The summed E-state index contributed by atoms with van der Waals surface area (Å²) < 4.78 is 4.62. The molecule has 1 aromatic rings. The number of nitrogens with one attached hydrogen (secondary N) is 1. The zero-order valence-corrected chi connectivity index (χ0v) is 13.7. The lowest BCUT2D eigenvalue weighted by molar-refractivity contribution is -0.137.